The Labute approximate surface area is 142 Å². The lowest BCUT2D eigenvalue weighted by Gasteiger charge is -2.33. The molecule has 0 bridgehead atoms. The van der Waals surface area contributed by atoms with Crippen LogP contribution in [0.25, 0.3) is 0 Å². The predicted octanol–water partition coefficient (Wildman–Crippen LogP) is 3.63. The van der Waals surface area contributed by atoms with E-state index in [1.807, 2.05) is 0 Å². The van der Waals surface area contributed by atoms with Gasteiger partial charge in [-0.25, -0.2) is 8.42 Å². The van der Waals surface area contributed by atoms with Crippen LogP contribution in [0, 0.1) is 0 Å². The fourth-order valence-electron chi connectivity index (χ4n) is 1.86. The van der Waals surface area contributed by atoms with Gasteiger partial charge in [0, 0.05) is 11.0 Å². The Morgan fingerprint density at radius 3 is 2.10 bits per heavy atom. The molecule has 21 heavy (non-hydrogen) atoms. The summed E-state index contributed by atoms with van der Waals surface area (Å²) < 4.78 is 26.9. The molecule has 0 aromatic heterocycles. The number of hydrogen-bond donors (Lipinski definition) is 1. The van der Waals surface area contributed by atoms with Crippen molar-refractivity contribution in [3.8, 4) is 0 Å². The van der Waals surface area contributed by atoms with E-state index in [0.29, 0.717) is 4.47 Å². The van der Waals surface area contributed by atoms with Gasteiger partial charge in [-0.1, -0.05) is 46.1 Å². The SMILES string of the molecule is CCN(C(C)(C)C(=O)O)S(=O)(=O)c1c(Cl)cc(Br)cc1Cl. The molecule has 0 atom stereocenters. The van der Waals surface area contributed by atoms with E-state index in [-0.39, 0.29) is 21.5 Å². The smallest absolute Gasteiger partial charge is 0.324 e. The maximum absolute atomic E-state index is 12.7. The number of nitrogens with zero attached hydrogens (tertiary/aromatic N) is 1. The number of hydrogen-bond acceptors (Lipinski definition) is 3. The Balaban J connectivity index is 3.57. The van der Waals surface area contributed by atoms with E-state index < -0.39 is 21.5 Å². The number of likely N-dealkylation sites (N-methyl/N-ethyl adjacent to an activating group) is 1. The zero-order chi connectivity index (χ0) is 16.6. The minimum absolute atomic E-state index is 0.0373. The first-order valence-corrected chi connectivity index (χ1v) is 8.86. The van der Waals surface area contributed by atoms with Crippen molar-refractivity contribution < 1.29 is 18.3 Å². The molecule has 1 aromatic carbocycles. The molecule has 0 aliphatic carbocycles. The summed E-state index contributed by atoms with van der Waals surface area (Å²) >= 11 is 15.1. The van der Waals surface area contributed by atoms with Crippen LogP contribution in [0.2, 0.25) is 10.0 Å². The van der Waals surface area contributed by atoms with E-state index in [4.69, 9.17) is 23.2 Å². The van der Waals surface area contributed by atoms with Gasteiger partial charge in [-0.3, -0.25) is 4.79 Å². The lowest BCUT2D eigenvalue weighted by Crippen LogP contribution is -2.52. The van der Waals surface area contributed by atoms with E-state index >= 15 is 0 Å². The van der Waals surface area contributed by atoms with E-state index in [0.717, 1.165) is 4.31 Å². The lowest BCUT2D eigenvalue weighted by atomic mass is 10.1. The maximum atomic E-state index is 12.7. The maximum Gasteiger partial charge on any atom is 0.324 e. The summed E-state index contributed by atoms with van der Waals surface area (Å²) in [6.07, 6.45) is 0. The Hall–Kier alpha value is -0.340. The highest BCUT2D eigenvalue weighted by Crippen LogP contribution is 2.36. The minimum atomic E-state index is -4.16. The number of sulfonamides is 1. The topological polar surface area (TPSA) is 74.7 Å². The van der Waals surface area contributed by atoms with E-state index in [9.17, 15) is 18.3 Å². The molecule has 0 spiro atoms. The van der Waals surface area contributed by atoms with Gasteiger partial charge in [0.15, 0.2) is 0 Å². The second-order valence-corrected chi connectivity index (χ2v) is 8.26. The molecule has 1 aromatic rings. The number of carboxylic acids is 1. The monoisotopic (exact) mass is 417 g/mol. The van der Waals surface area contributed by atoms with Crippen LogP contribution in [0.1, 0.15) is 20.8 Å². The van der Waals surface area contributed by atoms with Crippen molar-refractivity contribution in [2.75, 3.05) is 6.54 Å². The Bertz CT molecular complexity index is 653. The van der Waals surface area contributed by atoms with Gasteiger partial charge in [0.2, 0.25) is 10.0 Å². The second kappa shape index (κ2) is 6.42. The van der Waals surface area contributed by atoms with Crippen LogP contribution in [0.4, 0.5) is 0 Å². The normalized spacial score (nSPS) is 12.7. The van der Waals surface area contributed by atoms with Gasteiger partial charge in [-0.05, 0) is 26.0 Å². The average molecular weight is 419 g/mol. The van der Waals surface area contributed by atoms with Crippen LogP contribution < -0.4 is 0 Å². The largest absolute Gasteiger partial charge is 0.480 e. The van der Waals surface area contributed by atoms with Gasteiger partial charge >= 0.3 is 5.97 Å². The summed E-state index contributed by atoms with van der Waals surface area (Å²) in [7, 11) is -4.16. The zero-order valence-corrected chi connectivity index (χ0v) is 15.4. The first kappa shape index (κ1) is 18.7. The molecule has 0 saturated heterocycles. The van der Waals surface area contributed by atoms with Crippen molar-refractivity contribution in [2.45, 2.75) is 31.2 Å². The van der Waals surface area contributed by atoms with Crippen molar-refractivity contribution in [1.29, 1.82) is 0 Å². The molecule has 0 saturated carbocycles. The number of halogens is 3. The molecule has 0 amide bonds. The quantitative estimate of drug-likeness (QED) is 0.792. The molecule has 0 aliphatic rings. The third-order valence-electron chi connectivity index (χ3n) is 2.95. The molecule has 0 fully saturated rings. The number of rotatable bonds is 5. The standard InChI is InChI=1S/C12H14BrCl2NO4S/c1-4-16(12(2,3)11(17)18)21(19,20)10-8(14)5-7(13)6-9(10)15/h5-6H,4H2,1-3H3,(H,17,18). The second-order valence-electron chi connectivity index (χ2n) is 4.73. The van der Waals surface area contributed by atoms with Crippen LogP contribution in [-0.4, -0.2) is 35.9 Å². The number of carbonyl (C=O) groups is 1. The summed E-state index contributed by atoms with van der Waals surface area (Å²) in [5.74, 6) is -1.27. The van der Waals surface area contributed by atoms with Crippen molar-refractivity contribution in [3.63, 3.8) is 0 Å². The molecular weight excluding hydrogens is 405 g/mol. The van der Waals surface area contributed by atoms with Gasteiger partial charge < -0.3 is 5.11 Å². The van der Waals surface area contributed by atoms with Gasteiger partial charge in [0.1, 0.15) is 10.4 Å². The van der Waals surface area contributed by atoms with Gasteiger partial charge in [-0.15, -0.1) is 0 Å². The molecule has 9 heteroatoms. The van der Waals surface area contributed by atoms with E-state index in [1.165, 1.54) is 26.0 Å². The highest BCUT2D eigenvalue weighted by molar-refractivity contribution is 9.10. The van der Waals surface area contributed by atoms with E-state index in [1.54, 1.807) is 6.92 Å². The van der Waals surface area contributed by atoms with Crippen LogP contribution in [-0.2, 0) is 14.8 Å². The van der Waals surface area contributed by atoms with Crippen molar-refractivity contribution in [1.82, 2.24) is 4.31 Å². The summed E-state index contributed by atoms with van der Waals surface area (Å²) in [5, 5.41) is 9.11. The fourth-order valence-corrected chi connectivity index (χ4v) is 5.50. The predicted molar refractivity (Wildman–Crippen MR) is 85.4 cm³/mol. The molecule has 0 heterocycles. The van der Waals surface area contributed by atoms with Crippen LogP contribution in [0.3, 0.4) is 0 Å². The summed E-state index contributed by atoms with van der Waals surface area (Å²) in [5.41, 5.74) is -1.63. The number of benzene rings is 1. The molecule has 0 aliphatic heterocycles. The van der Waals surface area contributed by atoms with Crippen LogP contribution in [0.15, 0.2) is 21.5 Å². The summed E-state index contributed by atoms with van der Waals surface area (Å²) in [6.45, 7) is 4.11. The van der Waals surface area contributed by atoms with Gasteiger partial charge in [-0.2, -0.15) is 4.31 Å². The molecule has 5 nitrogen and oxygen atoms in total. The first-order chi connectivity index (χ1) is 9.46. The van der Waals surface area contributed by atoms with Crippen molar-refractivity contribution in [3.05, 3.63) is 26.7 Å². The van der Waals surface area contributed by atoms with Crippen LogP contribution >= 0.6 is 39.1 Å². The van der Waals surface area contributed by atoms with Crippen molar-refractivity contribution in [2.24, 2.45) is 0 Å². The van der Waals surface area contributed by atoms with E-state index in [2.05, 4.69) is 15.9 Å². The number of aliphatic carboxylic acids is 1. The van der Waals surface area contributed by atoms with Crippen molar-refractivity contribution >= 4 is 55.1 Å². The van der Waals surface area contributed by atoms with Gasteiger partial charge in [0.05, 0.1) is 10.0 Å². The molecule has 0 radical (unpaired) electrons. The highest BCUT2D eigenvalue weighted by atomic mass is 79.9. The average Bonchev–Trinajstić information content (AvgIpc) is 2.26. The Kier molecular flexibility index (Phi) is 5.72. The molecule has 1 rings (SSSR count). The number of carboxylic acid groups (broad SMARTS) is 1. The summed E-state index contributed by atoms with van der Waals surface area (Å²) in [6, 6.07) is 2.78. The highest BCUT2D eigenvalue weighted by Gasteiger charge is 2.43. The molecule has 0 unspecified atom stereocenters. The van der Waals surface area contributed by atoms with Gasteiger partial charge in [0.25, 0.3) is 0 Å². The Morgan fingerprint density at radius 2 is 1.76 bits per heavy atom. The lowest BCUT2D eigenvalue weighted by molar-refractivity contribution is -0.146. The van der Waals surface area contributed by atoms with Crippen LogP contribution in [0.5, 0.6) is 0 Å². The Morgan fingerprint density at radius 1 is 1.33 bits per heavy atom. The fraction of sp³-hybridized carbons (Fsp3) is 0.417. The first-order valence-electron chi connectivity index (χ1n) is 5.87. The minimum Gasteiger partial charge on any atom is -0.480 e. The third kappa shape index (κ3) is 3.53. The summed E-state index contributed by atoms with van der Waals surface area (Å²) in [4.78, 5) is 11.0. The molecule has 1 N–H and O–H groups in total. The molecule has 118 valence electrons. The third-order valence-corrected chi connectivity index (χ3v) is 6.47. The zero-order valence-electron chi connectivity index (χ0n) is 11.5. The molecular formula is C12H14BrCl2NO4S.